The minimum absolute atomic E-state index is 0.0146. The maximum Gasteiger partial charge on any atom is 0.416 e. The molecule has 0 bridgehead atoms. The lowest BCUT2D eigenvalue weighted by Crippen LogP contribution is -2.35. The summed E-state index contributed by atoms with van der Waals surface area (Å²) in [5, 5.41) is 4.81. The molecular weight excluding hydrogens is 454 g/mol. The van der Waals surface area contributed by atoms with Crippen LogP contribution < -0.4 is 10.6 Å². The molecule has 1 atom stereocenters. The second-order valence-electron chi connectivity index (χ2n) is 7.15. The smallest absolute Gasteiger partial charge is 0.416 e. The zero-order chi connectivity index (χ0) is 25.0. The molecule has 5 nitrogen and oxygen atoms in total. The third-order valence-corrected chi connectivity index (χ3v) is 4.90. The summed E-state index contributed by atoms with van der Waals surface area (Å²) in [5.74, 6) is -0.777. The maximum absolute atomic E-state index is 13.5. The predicted molar refractivity (Wildman–Crippen MR) is 108 cm³/mol. The lowest BCUT2D eigenvalue weighted by atomic mass is 9.89. The van der Waals surface area contributed by atoms with E-state index in [1.165, 1.54) is 13.1 Å². The molecule has 2 rings (SSSR count). The van der Waals surface area contributed by atoms with Crippen LogP contribution >= 0.6 is 0 Å². The van der Waals surface area contributed by atoms with Crippen molar-refractivity contribution in [3.63, 3.8) is 0 Å². The van der Waals surface area contributed by atoms with Gasteiger partial charge in [-0.3, -0.25) is 4.79 Å². The minimum Gasteiger partial charge on any atom is -0.469 e. The summed E-state index contributed by atoms with van der Waals surface area (Å²) in [7, 11) is 2.40. The molecule has 180 valence electrons. The average Bonchev–Trinajstić information content (AvgIpc) is 2.75. The van der Waals surface area contributed by atoms with Crippen molar-refractivity contribution < 1.29 is 40.7 Å². The fourth-order valence-corrected chi connectivity index (χ4v) is 3.27. The van der Waals surface area contributed by atoms with E-state index in [9.17, 15) is 35.9 Å². The lowest BCUT2D eigenvalue weighted by Gasteiger charge is -2.23. The molecule has 0 saturated heterocycles. The number of amides is 2. The van der Waals surface area contributed by atoms with E-state index < -0.39 is 47.9 Å². The topological polar surface area (TPSA) is 67.4 Å². The van der Waals surface area contributed by atoms with Gasteiger partial charge < -0.3 is 15.4 Å². The van der Waals surface area contributed by atoms with Crippen LogP contribution in [0.3, 0.4) is 0 Å². The van der Waals surface area contributed by atoms with Gasteiger partial charge in [-0.1, -0.05) is 19.1 Å². The normalized spacial score (nSPS) is 12.8. The summed E-state index contributed by atoms with van der Waals surface area (Å²) >= 11 is 0. The number of alkyl halides is 6. The van der Waals surface area contributed by atoms with Crippen molar-refractivity contribution in [2.75, 3.05) is 14.2 Å². The van der Waals surface area contributed by atoms with Gasteiger partial charge in [-0.05, 0) is 52.9 Å². The number of benzene rings is 2. The Kier molecular flexibility index (Phi) is 7.99. The van der Waals surface area contributed by atoms with Gasteiger partial charge in [-0.25, -0.2) is 4.79 Å². The largest absolute Gasteiger partial charge is 0.469 e. The number of halogens is 6. The first-order chi connectivity index (χ1) is 15.3. The molecule has 0 aliphatic rings. The van der Waals surface area contributed by atoms with Crippen molar-refractivity contribution in [3.8, 4) is 11.1 Å². The molecular formula is C22H22F6N2O3. The van der Waals surface area contributed by atoms with Crippen LogP contribution in [0.1, 0.15) is 41.6 Å². The molecule has 0 fully saturated rings. The second-order valence-corrected chi connectivity index (χ2v) is 7.15. The Morgan fingerprint density at radius 2 is 1.61 bits per heavy atom. The Morgan fingerprint density at radius 1 is 0.970 bits per heavy atom. The van der Waals surface area contributed by atoms with E-state index in [1.54, 1.807) is 6.92 Å². The number of carbonyl (C=O) groups excluding carboxylic acids is 2. The summed E-state index contributed by atoms with van der Waals surface area (Å²) in [6, 6.07) is 3.88. The van der Waals surface area contributed by atoms with Crippen molar-refractivity contribution in [2.24, 2.45) is 0 Å². The van der Waals surface area contributed by atoms with E-state index in [0.717, 1.165) is 37.4 Å². The van der Waals surface area contributed by atoms with Gasteiger partial charge in [0.2, 0.25) is 0 Å². The summed E-state index contributed by atoms with van der Waals surface area (Å²) < 4.78 is 85.2. The van der Waals surface area contributed by atoms with Gasteiger partial charge in [0.05, 0.1) is 30.7 Å². The molecule has 0 heterocycles. The number of methoxy groups -OCH3 is 1. The number of carbonyl (C=O) groups is 2. The van der Waals surface area contributed by atoms with Crippen molar-refractivity contribution >= 4 is 12.0 Å². The minimum atomic E-state index is -4.77. The highest BCUT2D eigenvalue weighted by atomic mass is 19.4. The fourth-order valence-electron chi connectivity index (χ4n) is 3.27. The molecule has 0 aliphatic carbocycles. The third kappa shape index (κ3) is 6.62. The summed E-state index contributed by atoms with van der Waals surface area (Å²) in [4.78, 5) is 23.5. The van der Waals surface area contributed by atoms with Crippen molar-refractivity contribution in [1.82, 2.24) is 10.6 Å². The van der Waals surface area contributed by atoms with E-state index in [-0.39, 0.29) is 28.7 Å². The SMILES string of the molecule is CCC(NC(=O)NC)c1cc(C(F)(F)F)ccc1-c1cc(CC(=O)OC)cc(C(F)(F)F)c1. The Balaban J connectivity index is 2.76. The number of ether oxygens (including phenoxy) is 1. The number of nitrogens with one attached hydrogen (secondary N) is 2. The molecule has 2 amide bonds. The first-order valence-electron chi connectivity index (χ1n) is 9.77. The van der Waals surface area contributed by atoms with Crippen LogP contribution in [-0.4, -0.2) is 26.2 Å². The highest BCUT2D eigenvalue weighted by Crippen LogP contribution is 2.39. The lowest BCUT2D eigenvalue weighted by molar-refractivity contribution is -0.140. The number of hydrogen-bond donors (Lipinski definition) is 2. The molecule has 2 aromatic rings. The maximum atomic E-state index is 13.5. The number of urea groups is 1. The molecule has 2 aromatic carbocycles. The highest BCUT2D eigenvalue weighted by Gasteiger charge is 2.34. The molecule has 0 saturated carbocycles. The van der Waals surface area contributed by atoms with Crippen molar-refractivity contribution in [2.45, 2.75) is 38.2 Å². The predicted octanol–water partition coefficient (Wildman–Crippen LogP) is 5.49. The van der Waals surface area contributed by atoms with Gasteiger partial charge in [-0.15, -0.1) is 0 Å². The summed E-state index contributed by atoms with van der Waals surface area (Å²) in [5.41, 5.74) is -2.12. The van der Waals surface area contributed by atoms with E-state index in [4.69, 9.17) is 0 Å². The quantitative estimate of drug-likeness (QED) is 0.428. The first kappa shape index (κ1) is 26.0. The van der Waals surface area contributed by atoms with Gasteiger partial charge in [0.1, 0.15) is 0 Å². The average molecular weight is 476 g/mol. The standard InChI is InChI=1S/C22H22F6N2O3/c1-4-18(30-20(32)29-2)17-11-14(21(23,24)25)5-6-16(17)13-7-12(9-19(31)33-3)8-15(10-13)22(26,27)28/h5-8,10-11,18H,4,9H2,1-3H3,(H2,29,30,32). The molecule has 11 heteroatoms. The van der Waals surface area contributed by atoms with Crippen LogP contribution in [0.2, 0.25) is 0 Å². The zero-order valence-electron chi connectivity index (χ0n) is 17.9. The highest BCUT2D eigenvalue weighted by molar-refractivity contribution is 5.77. The van der Waals surface area contributed by atoms with E-state index >= 15 is 0 Å². The molecule has 2 N–H and O–H groups in total. The molecule has 0 spiro atoms. The van der Waals surface area contributed by atoms with Gasteiger partial charge in [-0.2, -0.15) is 26.3 Å². The Labute approximate surface area is 186 Å². The first-order valence-corrected chi connectivity index (χ1v) is 9.77. The van der Waals surface area contributed by atoms with Crippen LogP contribution in [0.5, 0.6) is 0 Å². The van der Waals surface area contributed by atoms with Crippen LogP contribution in [0.25, 0.3) is 11.1 Å². The van der Waals surface area contributed by atoms with Gasteiger partial charge in [0.15, 0.2) is 0 Å². The van der Waals surface area contributed by atoms with Crippen LogP contribution in [0, 0.1) is 0 Å². The van der Waals surface area contributed by atoms with Gasteiger partial charge in [0.25, 0.3) is 0 Å². The second kappa shape index (κ2) is 10.1. The van der Waals surface area contributed by atoms with Gasteiger partial charge >= 0.3 is 24.4 Å². The third-order valence-electron chi connectivity index (χ3n) is 4.90. The molecule has 1 unspecified atom stereocenters. The molecule has 0 aliphatic heterocycles. The Bertz CT molecular complexity index is 1020. The number of hydrogen-bond acceptors (Lipinski definition) is 3. The summed E-state index contributed by atoms with van der Waals surface area (Å²) in [6.45, 7) is 1.61. The summed E-state index contributed by atoms with van der Waals surface area (Å²) in [6.07, 6.45) is -9.77. The van der Waals surface area contributed by atoms with E-state index in [2.05, 4.69) is 15.4 Å². The van der Waals surface area contributed by atoms with Crippen LogP contribution in [0.4, 0.5) is 31.1 Å². The molecule has 0 aromatic heterocycles. The monoisotopic (exact) mass is 476 g/mol. The van der Waals surface area contributed by atoms with Crippen molar-refractivity contribution in [3.05, 3.63) is 58.7 Å². The number of rotatable bonds is 6. The molecule has 0 radical (unpaired) electrons. The van der Waals surface area contributed by atoms with E-state index in [1.807, 2.05) is 0 Å². The number of esters is 1. The van der Waals surface area contributed by atoms with Gasteiger partial charge in [0, 0.05) is 7.05 Å². The van der Waals surface area contributed by atoms with E-state index in [0.29, 0.717) is 0 Å². The fraction of sp³-hybridized carbons (Fsp3) is 0.364. The Morgan fingerprint density at radius 3 is 2.12 bits per heavy atom. The molecule has 33 heavy (non-hydrogen) atoms. The van der Waals surface area contributed by atoms with Crippen LogP contribution in [-0.2, 0) is 28.3 Å². The zero-order valence-corrected chi connectivity index (χ0v) is 17.9. The van der Waals surface area contributed by atoms with Crippen molar-refractivity contribution in [1.29, 1.82) is 0 Å². The Hall–Kier alpha value is -3.24. The van der Waals surface area contributed by atoms with Crippen LogP contribution in [0.15, 0.2) is 36.4 Å².